The first kappa shape index (κ1) is 21.0. The Morgan fingerprint density at radius 1 is 0.812 bits per heavy atom. The van der Waals surface area contributed by atoms with Gasteiger partial charge >= 0.3 is 17.9 Å². The van der Waals surface area contributed by atoms with Gasteiger partial charge in [0.05, 0.1) is 21.3 Å². The fraction of sp³-hybridized carbons (Fsp3) is 0.500. The molecule has 0 aromatic heterocycles. The first-order valence-corrected chi connectivity index (χ1v) is 11.2. The summed E-state index contributed by atoms with van der Waals surface area (Å²) >= 11 is 0. The summed E-state index contributed by atoms with van der Waals surface area (Å²) in [5, 5.41) is 0. The molecular formula is C26H28O6. The minimum Gasteiger partial charge on any atom is -0.468 e. The third kappa shape index (κ3) is 2.74. The van der Waals surface area contributed by atoms with E-state index in [0.29, 0.717) is 17.4 Å². The molecule has 0 N–H and O–H groups in total. The molecule has 1 aromatic rings. The van der Waals surface area contributed by atoms with E-state index in [9.17, 15) is 14.4 Å². The summed E-state index contributed by atoms with van der Waals surface area (Å²) in [6.07, 6.45) is 3.61. The second kappa shape index (κ2) is 7.61. The smallest absolute Gasteiger partial charge is 0.334 e. The van der Waals surface area contributed by atoms with Gasteiger partial charge in [-0.1, -0.05) is 30.3 Å². The molecule has 0 saturated heterocycles. The van der Waals surface area contributed by atoms with E-state index in [4.69, 9.17) is 14.2 Å². The lowest BCUT2D eigenvalue weighted by molar-refractivity contribution is -0.168. The summed E-state index contributed by atoms with van der Waals surface area (Å²) in [7, 11) is 3.97. The third-order valence-corrected chi connectivity index (χ3v) is 8.20. The maximum atomic E-state index is 13.1. The van der Waals surface area contributed by atoms with Crippen molar-refractivity contribution >= 4 is 23.5 Å². The first-order chi connectivity index (χ1) is 15.5. The predicted molar refractivity (Wildman–Crippen MR) is 116 cm³/mol. The van der Waals surface area contributed by atoms with Gasteiger partial charge in [-0.3, -0.25) is 9.59 Å². The van der Waals surface area contributed by atoms with E-state index < -0.39 is 17.4 Å². The number of allylic oxidation sites excluding steroid dienone is 3. The molecular weight excluding hydrogens is 408 g/mol. The van der Waals surface area contributed by atoms with Crippen molar-refractivity contribution in [1.82, 2.24) is 0 Å². The molecule has 0 heterocycles. The second-order valence-electron chi connectivity index (χ2n) is 9.45. The highest BCUT2D eigenvalue weighted by atomic mass is 16.5. The maximum Gasteiger partial charge on any atom is 0.334 e. The van der Waals surface area contributed by atoms with Crippen molar-refractivity contribution in [3.63, 3.8) is 0 Å². The van der Waals surface area contributed by atoms with Crippen molar-refractivity contribution in [3.8, 4) is 0 Å². The molecule has 0 amide bonds. The monoisotopic (exact) mass is 436 g/mol. The molecule has 4 aliphatic carbocycles. The lowest BCUT2D eigenvalue weighted by Crippen LogP contribution is -2.39. The summed E-state index contributed by atoms with van der Waals surface area (Å²) in [5.74, 6) is -0.445. The Bertz CT molecular complexity index is 1030. The van der Waals surface area contributed by atoms with Gasteiger partial charge in [-0.25, -0.2) is 4.79 Å². The number of hydrogen-bond acceptors (Lipinski definition) is 6. The average Bonchev–Trinajstić information content (AvgIpc) is 3.55. The molecule has 3 fully saturated rings. The molecule has 168 valence electrons. The van der Waals surface area contributed by atoms with E-state index >= 15 is 0 Å². The highest BCUT2D eigenvalue weighted by Crippen LogP contribution is 2.66. The van der Waals surface area contributed by atoms with Crippen LogP contribution in [0.4, 0.5) is 0 Å². The molecule has 5 rings (SSSR count). The van der Waals surface area contributed by atoms with Crippen molar-refractivity contribution in [1.29, 1.82) is 0 Å². The first-order valence-electron chi connectivity index (χ1n) is 11.2. The molecule has 1 aromatic carbocycles. The summed E-state index contributed by atoms with van der Waals surface area (Å²) in [5.41, 5.74) is 3.15. The molecule has 2 bridgehead atoms. The Morgan fingerprint density at radius 3 is 2.00 bits per heavy atom. The van der Waals surface area contributed by atoms with Crippen LogP contribution in [0, 0.1) is 29.1 Å². The van der Waals surface area contributed by atoms with E-state index in [1.807, 2.05) is 18.2 Å². The second-order valence-corrected chi connectivity index (χ2v) is 9.45. The minimum atomic E-state index is -1.48. The lowest BCUT2D eigenvalue weighted by atomic mass is 9.64. The van der Waals surface area contributed by atoms with Crippen LogP contribution in [0.25, 0.3) is 5.57 Å². The number of carbonyl (C=O) groups is 3. The normalized spacial score (nSPS) is 29.5. The minimum absolute atomic E-state index is 0.0567. The molecule has 4 unspecified atom stereocenters. The van der Waals surface area contributed by atoms with Gasteiger partial charge in [-0.2, -0.15) is 0 Å². The topological polar surface area (TPSA) is 78.9 Å². The Balaban J connectivity index is 1.80. The van der Waals surface area contributed by atoms with Gasteiger partial charge in [0.25, 0.3) is 0 Å². The largest absolute Gasteiger partial charge is 0.468 e. The van der Waals surface area contributed by atoms with Crippen molar-refractivity contribution < 1.29 is 28.6 Å². The zero-order valence-corrected chi connectivity index (χ0v) is 18.7. The van der Waals surface area contributed by atoms with Crippen molar-refractivity contribution in [2.75, 3.05) is 21.3 Å². The molecule has 0 aliphatic heterocycles. The summed E-state index contributed by atoms with van der Waals surface area (Å²) in [6.45, 7) is 0. The van der Waals surface area contributed by atoms with Crippen LogP contribution in [-0.2, 0) is 28.6 Å². The number of fused-ring (bicyclic) bond motifs is 6. The van der Waals surface area contributed by atoms with Gasteiger partial charge in [0.1, 0.15) is 0 Å². The van der Waals surface area contributed by atoms with Gasteiger partial charge in [0, 0.05) is 24.3 Å². The van der Waals surface area contributed by atoms with E-state index in [1.165, 1.54) is 26.9 Å². The van der Waals surface area contributed by atoms with E-state index in [1.54, 1.807) is 0 Å². The van der Waals surface area contributed by atoms with Crippen LogP contribution in [0.15, 0.2) is 47.1 Å². The zero-order chi connectivity index (χ0) is 22.6. The van der Waals surface area contributed by atoms with Gasteiger partial charge in [-0.05, 0) is 59.3 Å². The van der Waals surface area contributed by atoms with Crippen LogP contribution < -0.4 is 0 Å². The molecule has 4 atom stereocenters. The molecule has 0 spiro atoms. The standard InChI is InChI=1S/C26H28O6/c1-30-23(27)22-18-13-26(24(28)31-2,25(29)32-3)12-17(18)19(14-7-5-4-6-8-14)20-15-9-10-16(11-15)21(20)22/h4-8,15-16,20-21H,9-13H2,1-3H3. The number of rotatable bonds is 4. The predicted octanol–water partition coefficient (Wildman–Crippen LogP) is 3.71. The number of methoxy groups -OCH3 is 3. The van der Waals surface area contributed by atoms with Crippen LogP contribution in [0.2, 0.25) is 0 Å². The van der Waals surface area contributed by atoms with Gasteiger partial charge in [-0.15, -0.1) is 0 Å². The SMILES string of the molecule is COC(=O)C1=C2CC(C(=O)OC)(C(=O)OC)CC2=C(c2ccccc2)C2C3CCC(C3)C12. The van der Waals surface area contributed by atoms with E-state index in [2.05, 4.69) is 12.1 Å². The Morgan fingerprint density at radius 2 is 1.41 bits per heavy atom. The van der Waals surface area contributed by atoms with Crippen molar-refractivity contribution in [3.05, 3.63) is 52.6 Å². The Hall–Kier alpha value is -2.89. The van der Waals surface area contributed by atoms with Crippen LogP contribution in [0.3, 0.4) is 0 Å². The van der Waals surface area contributed by atoms with Gasteiger partial charge < -0.3 is 14.2 Å². The summed E-state index contributed by atoms with van der Waals surface area (Å²) in [4.78, 5) is 39.1. The Labute approximate surface area is 187 Å². The number of hydrogen-bond donors (Lipinski definition) is 0. The fourth-order valence-electron chi connectivity index (χ4n) is 7.04. The average molecular weight is 437 g/mol. The number of ether oxygens (including phenoxy) is 3. The number of esters is 3. The van der Waals surface area contributed by atoms with E-state index in [0.717, 1.165) is 36.0 Å². The molecule has 0 radical (unpaired) electrons. The summed E-state index contributed by atoms with van der Waals surface area (Å²) in [6, 6.07) is 10.2. The van der Waals surface area contributed by atoms with Gasteiger partial charge in [0.2, 0.25) is 0 Å². The van der Waals surface area contributed by atoms with Crippen LogP contribution in [0.1, 0.15) is 37.7 Å². The molecule has 3 saturated carbocycles. The summed E-state index contributed by atoms with van der Waals surface area (Å²) < 4.78 is 15.4. The number of benzene rings is 1. The van der Waals surface area contributed by atoms with Crippen molar-refractivity contribution in [2.24, 2.45) is 29.1 Å². The quantitative estimate of drug-likeness (QED) is 0.407. The fourth-order valence-corrected chi connectivity index (χ4v) is 7.04. The molecule has 32 heavy (non-hydrogen) atoms. The molecule has 6 nitrogen and oxygen atoms in total. The third-order valence-electron chi connectivity index (χ3n) is 8.20. The number of carbonyl (C=O) groups excluding carboxylic acids is 3. The zero-order valence-electron chi connectivity index (χ0n) is 18.7. The van der Waals surface area contributed by atoms with Crippen molar-refractivity contribution in [2.45, 2.75) is 32.1 Å². The highest BCUT2D eigenvalue weighted by Gasteiger charge is 2.61. The van der Waals surface area contributed by atoms with E-state index in [-0.39, 0.29) is 30.6 Å². The highest BCUT2D eigenvalue weighted by molar-refractivity contribution is 6.04. The molecule has 6 heteroatoms. The maximum absolute atomic E-state index is 13.1. The van der Waals surface area contributed by atoms with Crippen LogP contribution in [-0.4, -0.2) is 39.2 Å². The lowest BCUT2D eigenvalue weighted by Gasteiger charge is -2.39. The van der Waals surface area contributed by atoms with Crippen LogP contribution in [0.5, 0.6) is 0 Å². The van der Waals surface area contributed by atoms with Crippen LogP contribution >= 0.6 is 0 Å². The Kier molecular flexibility index (Phi) is 4.99. The van der Waals surface area contributed by atoms with Gasteiger partial charge in [0.15, 0.2) is 5.41 Å². The molecule has 4 aliphatic rings.